The third-order valence-corrected chi connectivity index (χ3v) is 5.09. The lowest BCUT2D eigenvalue weighted by molar-refractivity contribution is -0.321. The lowest BCUT2D eigenvalue weighted by Gasteiger charge is -2.44. The molecule has 146 valence electrons. The van der Waals surface area contributed by atoms with Crippen molar-refractivity contribution in [1.29, 1.82) is 0 Å². The average Bonchev–Trinajstić information content (AvgIpc) is 2.64. The van der Waals surface area contributed by atoms with Gasteiger partial charge in [0.2, 0.25) is 0 Å². The first-order valence-electron chi connectivity index (χ1n) is 8.73. The smallest absolute Gasteiger partial charge is 0.162 e. The maximum absolute atomic E-state index is 10.3. The van der Waals surface area contributed by atoms with Crippen LogP contribution in [0.3, 0.4) is 0 Å². The van der Waals surface area contributed by atoms with Crippen molar-refractivity contribution in [3.8, 4) is 0 Å². The predicted octanol–water partition coefficient (Wildman–Crippen LogP) is 1.27. The molecule has 2 rings (SSSR count). The number of ether oxygens (including phenoxy) is 1. The van der Waals surface area contributed by atoms with E-state index in [1.165, 1.54) is 17.7 Å². The molecule has 0 bridgehead atoms. The molecule has 0 aromatic heterocycles. The summed E-state index contributed by atoms with van der Waals surface area (Å²) in [6.45, 7) is 6.29. The molecule has 9 nitrogen and oxygen atoms in total. The summed E-state index contributed by atoms with van der Waals surface area (Å²) in [5, 5.41) is 35.3. The fourth-order valence-electron chi connectivity index (χ4n) is 3.38. The van der Waals surface area contributed by atoms with Gasteiger partial charge in [0.15, 0.2) is 6.23 Å². The predicted molar refractivity (Wildman–Crippen MR) is 94.6 cm³/mol. The highest BCUT2D eigenvalue weighted by atomic mass is 16.7. The molecule has 1 aliphatic heterocycles. The Kier molecular flexibility index (Phi) is 7.60. The minimum Gasteiger partial charge on any atom is -0.388 e. The number of hydroxylamine groups is 2. The number of hydrogen-bond donors (Lipinski definition) is 3. The van der Waals surface area contributed by atoms with E-state index in [1.807, 2.05) is 6.92 Å². The molecule has 0 amide bonds. The van der Waals surface area contributed by atoms with Gasteiger partial charge in [-0.05, 0) is 37.6 Å². The Morgan fingerprint density at radius 3 is 2.69 bits per heavy atom. The molecule has 2 aliphatic rings. The summed E-state index contributed by atoms with van der Waals surface area (Å²) in [5.74, 6) is 0.483. The zero-order chi connectivity index (χ0) is 19.3. The summed E-state index contributed by atoms with van der Waals surface area (Å²) in [5.41, 5.74) is 10.8. The van der Waals surface area contributed by atoms with Crippen molar-refractivity contribution in [1.82, 2.24) is 5.06 Å². The Bertz CT molecular complexity index is 578. The average molecular weight is 368 g/mol. The van der Waals surface area contributed by atoms with Crippen LogP contribution in [0.25, 0.3) is 10.4 Å². The molecule has 6 atom stereocenters. The summed E-state index contributed by atoms with van der Waals surface area (Å²) in [6.07, 6.45) is -1.11. The molecule has 0 aromatic carbocycles. The van der Waals surface area contributed by atoms with Crippen LogP contribution in [0.5, 0.6) is 0 Å². The number of azide groups is 1. The molecule has 0 radical (unpaired) electrons. The topological polar surface area (TPSA) is 131 Å². The largest absolute Gasteiger partial charge is 0.388 e. The van der Waals surface area contributed by atoms with Crippen molar-refractivity contribution in [2.24, 2.45) is 11.0 Å². The lowest BCUT2D eigenvalue weighted by Crippen LogP contribution is -2.63. The maximum atomic E-state index is 10.3. The molecule has 1 saturated heterocycles. The Hall–Kier alpha value is -1.45. The van der Waals surface area contributed by atoms with Crippen molar-refractivity contribution in [3.63, 3.8) is 0 Å². The monoisotopic (exact) mass is 368 g/mol. The highest BCUT2D eigenvalue weighted by molar-refractivity contribution is 5.13. The normalized spacial score (nSPS) is 34.9. The molecular formula is C17H28N4O5. The van der Waals surface area contributed by atoms with E-state index in [4.69, 9.17) is 15.1 Å². The van der Waals surface area contributed by atoms with Crippen LogP contribution in [0, 0.1) is 5.92 Å². The zero-order valence-corrected chi connectivity index (χ0v) is 15.2. The van der Waals surface area contributed by atoms with Crippen LogP contribution in [0.1, 0.15) is 26.2 Å². The molecule has 0 spiro atoms. The van der Waals surface area contributed by atoms with Crippen molar-refractivity contribution < 1.29 is 24.9 Å². The fourth-order valence-corrected chi connectivity index (χ4v) is 3.38. The van der Waals surface area contributed by atoms with Crippen LogP contribution in [-0.4, -0.2) is 71.2 Å². The van der Waals surface area contributed by atoms with Gasteiger partial charge >= 0.3 is 0 Å². The molecule has 1 fully saturated rings. The lowest BCUT2D eigenvalue weighted by atomic mass is 9.85. The minimum atomic E-state index is -1.43. The van der Waals surface area contributed by atoms with E-state index < -0.39 is 30.6 Å². The van der Waals surface area contributed by atoms with E-state index in [2.05, 4.69) is 22.7 Å². The molecule has 26 heavy (non-hydrogen) atoms. The van der Waals surface area contributed by atoms with Gasteiger partial charge in [-0.3, -0.25) is 4.84 Å². The molecule has 9 heteroatoms. The molecule has 1 heterocycles. The highest BCUT2D eigenvalue weighted by Gasteiger charge is 2.46. The summed E-state index contributed by atoms with van der Waals surface area (Å²) >= 11 is 0. The number of rotatable bonds is 7. The van der Waals surface area contributed by atoms with Crippen LogP contribution in [-0.2, 0) is 9.57 Å². The number of aliphatic hydroxyl groups excluding tert-OH is 3. The van der Waals surface area contributed by atoms with Gasteiger partial charge in [-0.15, -0.1) is 0 Å². The summed E-state index contributed by atoms with van der Waals surface area (Å²) < 4.78 is 5.67. The number of hydrogen-bond acceptors (Lipinski definition) is 7. The minimum absolute atomic E-state index is 0.154. The van der Waals surface area contributed by atoms with Gasteiger partial charge in [0, 0.05) is 11.5 Å². The second-order valence-electron chi connectivity index (χ2n) is 6.89. The Labute approximate surface area is 153 Å². The standard InChI is InChI=1S/C17H28N4O5/c1-10(2)12-6-4-11(5-7-12)9-21(25-3)17-16(24)15(23)14(22)13(26-17)8-19-20-18/h4,12-17,22-24H,1,5-9H2,2-3H3/t12-,13-,14-,15+,16-,17?/m1/s1. The van der Waals surface area contributed by atoms with Crippen LogP contribution in [0.2, 0.25) is 0 Å². The second-order valence-corrected chi connectivity index (χ2v) is 6.89. The summed E-state index contributed by atoms with van der Waals surface area (Å²) in [6, 6.07) is 0. The van der Waals surface area contributed by atoms with E-state index in [1.54, 1.807) is 0 Å². The summed E-state index contributed by atoms with van der Waals surface area (Å²) in [7, 11) is 1.45. The molecule has 1 unspecified atom stereocenters. The van der Waals surface area contributed by atoms with Gasteiger partial charge in [-0.25, -0.2) is 0 Å². The highest BCUT2D eigenvalue weighted by Crippen LogP contribution is 2.30. The van der Waals surface area contributed by atoms with Crippen molar-refractivity contribution in [3.05, 3.63) is 34.2 Å². The van der Waals surface area contributed by atoms with E-state index >= 15 is 0 Å². The maximum Gasteiger partial charge on any atom is 0.162 e. The molecule has 1 aliphatic carbocycles. The fraction of sp³-hybridized carbons (Fsp3) is 0.765. The SMILES string of the molecule is C=C(C)[C@@H]1CC=C(CN(OC)C2O[C@H](CN=[N+]=[N-])[C@@H](O)[C@H](O)[C@H]2O)CC1. The van der Waals surface area contributed by atoms with Crippen LogP contribution in [0.4, 0.5) is 0 Å². The Balaban J connectivity index is 2.07. The third-order valence-electron chi connectivity index (χ3n) is 5.09. The van der Waals surface area contributed by atoms with E-state index in [9.17, 15) is 15.3 Å². The number of aliphatic hydroxyl groups is 3. The van der Waals surface area contributed by atoms with Gasteiger partial charge in [-0.1, -0.05) is 28.9 Å². The zero-order valence-electron chi connectivity index (χ0n) is 15.2. The molecule has 0 aromatic rings. The van der Waals surface area contributed by atoms with Gasteiger partial charge in [0.05, 0.1) is 19.8 Å². The van der Waals surface area contributed by atoms with Gasteiger partial charge in [-0.2, -0.15) is 5.06 Å². The molecule has 3 N–H and O–H groups in total. The number of nitrogens with zero attached hydrogens (tertiary/aromatic N) is 4. The van der Waals surface area contributed by atoms with Crippen molar-refractivity contribution in [2.45, 2.75) is 56.8 Å². The Morgan fingerprint density at radius 2 is 2.15 bits per heavy atom. The van der Waals surface area contributed by atoms with Gasteiger partial charge in [0.1, 0.15) is 18.3 Å². The van der Waals surface area contributed by atoms with Gasteiger partial charge in [0.25, 0.3) is 0 Å². The first-order valence-corrected chi connectivity index (χ1v) is 8.73. The first kappa shape index (κ1) is 20.9. The molecule has 0 saturated carbocycles. The second kappa shape index (κ2) is 9.48. The van der Waals surface area contributed by atoms with Crippen molar-refractivity contribution in [2.75, 3.05) is 20.2 Å². The Morgan fingerprint density at radius 1 is 1.42 bits per heavy atom. The molecular weight excluding hydrogens is 340 g/mol. The first-order chi connectivity index (χ1) is 12.4. The van der Waals surface area contributed by atoms with E-state index in [0.717, 1.165) is 24.8 Å². The van der Waals surface area contributed by atoms with E-state index in [0.29, 0.717) is 12.5 Å². The van der Waals surface area contributed by atoms with Crippen LogP contribution < -0.4 is 0 Å². The summed E-state index contributed by atoms with van der Waals surface area (Å²) in [4.78, 5) is 8.01. The number of allylic oxidation sites excluding steroid dienone is 2. The van der Waals surface area contributed by atoms with Gasteiger partial charge < -0.3 is 20.1 Å². The van der Waals surface area contributed by atoms with Crippen LogP contribution >= 0.6 is 0 Å². The quantitative estimate of drug-likeness (QED) is 0.204. The van der Waals surface area contributed by atoms with Crippen molar-refractivity contribution >= 4 is 0 Å². The third kappa shape index (κ3) is 4.83. The van der Waals surface area contributed by atoms with Crippen LogP contribution in [0.15, 0.2) is 28.9 Å². The van der Waals surface area contributed by atoms with E-state index in [-0.39, 0.29) is 6.54 Å².